The molecule has 0 bridgehead atoms. The lowest BCUT2D eigenvalue weighted by Gasteiger charge is -2.17. The lowest BCUT2D eigenvalue weighted by atomic mass is 10.1. The van der Waals surface area contributed by atoms with Gasteiger partial charge in [0.1, 0.15) is 5.82 Å². The van der Waals surface area contributed by atoms with Gasteiger partial charge in [0.25, 0.3) is 0 Å². The van der Waals surface area contributed by atoms with Crippen LogP contribution in [0.1, 0.15) is 37.3 Å². The van der Waals surface area contributed by atoms with E-state index in [2.05, 4.69) is 23.7 Å². The predicted octanol–water partition coefficient (Wildman–Crippen LogP) is 3.72. The first kappa shape index (κ1) is 16.9. The van der Waals surface area contributed by atoms with E-state index in [0.717, 1.165) is 50.0 Å². The molecule has 0 aliphatic carbocycles. The molecular weight excluding hydrogens is 251 g/mol. The monoisotopic (exact) mass is 278 g/mol. The van der Waals surface area contributed by atoms with Crippen LogP contribution in [0.2, 0.25) is 0 Å². The molecule has 0 aliphatic heterocycles. The lowest BCUT2D eigenvalue weighted by molar-refractivity contribution is 0.317. The highest BCUT2D eigenvalue weighted by Crippen LogP contribution is 2.13. The number of benzene rings is 1. The van der Waals surface area contributed by atoms with Gasteiger partial charge in [0.15, 0.2) is 0 Å². The Kier molecular flexibility index (Phi) is 8.16. The van der Waals surface area contributed by atoms with Crippen molar-refractivity contribution in [2.45, 2.75) is 39.3 Å². The van der Waals surface area contributed by atoms with Gasteiger partial charge in [-0.3, -0.25) is 0 Å². The summed E-state index contributed by atoms with van der Waals surface area (Å²) in [6.45, 7) is 9.28. The molecule has 0 aromatic heterocycles. The van der Waals surface area contributed by atoms with E-state index in [9.17, 15) is 4.39 Å². The van der Waals surface area contributed by atoms with Gasteiger partial charge in [-0.05, 0) is 51.0 Å². The van der Waals surface area contributed by atoms with Gasteiger partial charge >= 0.3 is 0 Å². The standard InChI is InChI=1S/C17H27FN2/c1-4-6-7-11-20(3)14-16-12-15(8-9-17(16)18)13-19-10-5-2/h4,8-9,12,19H,1,5-7,10-11,13-14H2,2-3H3. The lowest BCUT2D eigenvalue weighted by Crippen LogP contribution is -2.20. The Morgan fingerprint density at radius 2 is 2.20 bits per heavy atom. The number of hydrogen-bond acceptors (Lipinski definition) is 2. The summed E-state index contributed by atoms with van der Waals surface area (Å²) in [5.74, 6) is -0.111. The Morgan fingerprint density at radius 3 is 2.90 bits per heavy atom. The highest BCUT2D eigenvalue weighted by atomic mass is 19.1. The molecule has 0 spiro atoms. The number of halogens is 1. The van der Waals surface area contributed by atoms with Gasteiger partial charge in [0, 0.05) is 18.7 Å². The summed E-state index contributed by atoms with van der Waals surface area (Å²) in [4.78, 5) is 2.16. The second-order valence-corrected chi connectivity index (χ2v) is 5.27. The molecule has 0 fully saturated rings. The van der Waals surface area contributed by atoms with Crippen molar-refractivity contribution < 1.29 is 4.39 Å². The maximum Gasteiger partial charge on any atom is 0.127 e. The fourth-order valence-corrected chi connectivity index (χ4v) is 2.14. The van der Waals surface area contributed by atoms with Crippen molar-refractivity contribution in [2.24, 2.45) is 0 Å². The van der Waals surface area contributed by atoms with Gasteiger partial charge in [0.2, 0.25) is 0 Å². The third kappa shape index (κ3) is 6.31. The third-order valence-corrected chi connectivity index (χ3v) is 3.25. The van der Waals surface area contributed by atoms with E-state index in [0.29, 0.717) is 6.54 Å². The Balaban J connectivity index is 2.54. The molecule has 0 atom stereocenters. The smallest absolute Gasteiger partial charge is 0.127 e. The van der Waals surface area contributed by atoms with E-state index in [1.54, 1.807) is 6.07 Å². The zero-order valence-electron chi connectivity index (χ0n) is 12.8. The summed E-state index contributed by atoms with van der Waals surface area (Å²) in [5, 5.41) is 3.35. The van der Waals surface area contributed by atoms with Crippen LogP contribution in [-0.2, 0) is 13.1 Å². The van der Waals surface area contributed by atoms with Gasteiger partial charge in [-0.15, -0.1) is 6.58 Å². The first-order valence-electron chi connectivity index (χ1n) is 7.44. The van der Waals surface area contributed by atoms with Crippen LogP contribution in [-0.4, -0.2) is 25.0 Å². The van der Waals surface area contributed by atoms with E-state index in [4.69, 9.17) is 0 Å². The Hall–Kier alpha value is -1.19. The first-order chi connectivity index (χ1) is 9.67. The quantitative estimate of drug-likeness (QED) is 0.518. The molecule has 3 heteroatoms. The zero-order chi connectivity index (χ0) is 14.8. The maximum absolute atomic E-state index is 13.8. The van der Waals surface area contributed by atoms with Gasteiger partial charge in [-0.1, -0.05) is 25.1 Å². The van der Waals surface area contributed by atoms with E-state index >= 15 is 0 Å². The van der Waals surface area contributed by atoms with Crippen LogP contribution in [0.3, 0.4) is 0 Å². The van der Waals surface area contributed by atoms with Crippen LogP contribution in [0.15, 0.2) is 30.9 Å². The van der Waals surface area contributed by atoms with Crippen molar-refractivity contribution >= 4 is 0 Å². The summed E-state index contributed by atoms with van der Waals surface area (Å²) >= 11 is 0. The molecule has 0 amide bonds. The molecule has 0 saturated heterocycles. The van der Waals surface area contributed by atoms with Crippen molar-refractivity contribution in [1.82, 2.24) is 10.2 Å². The molecule has 2 nitrogen and oxygen atoms in total. The largest absolute Gasteiger partial charge is 0.313 e. The van der Waals surface area contributed by atoms with E-state index in [1.807, 2.05) is 25.3 Å². The maximum atomic E-state index is 13.8. The molecular formula is C17H27FN2. The van der Waals surface area contributed by atoms with Gasteiger partial charge in [-0.2, -0.15) is 0 Å². The van der Waals surface area contributed by atoms with Gasteiger partial charge < -0.3 is 10.2 Å². The number of allylic oxidation sites excluding steroid dienone is 1. The Morgan fingerprint density at radius 1 is 1.40 bits per heavy atom. The van der Waals surface area contributed by atoms with Crippen LogP contribution in [0.5, 0.6) is 0 Å². The number of rotatable bonds is 10. The minimum atomic E-state index is -0.111. The summed E-state index contributed by atoms with van der Waals surface area (Å²) < 4.78 is 13.8. The Labute approximate surface area is 122 Å². The summed E-state index contributed by atoms with van der Waals surface area (Å²) in [5.41, 5.74) is 1.93. The molecule has 1 aromatic carbocycles. The highest BCUT2D eigenvalue weighted by Gasteiger charge is 2.07. The van der Waals surface area contributed by atoms with Crippen molar-refractivity contribution in [3.63, 3.8) is 0 Å². The van der Waals surface area contributed by atoms with Crippen molar-refractivity contribution in [3.8, 4) is 0 Å². The second-order valence-electron chi connectivity index (χ2n) is 5.27. The molecule has 1 aromatic rings. The molecule has 1 rings (SSSR count). The van der Waals surface area contributed by atoms with E-state index in [1.165, 1.54) is 0 Å². The fraction of sp³-hybridized carbons (Fsp3) is 0.529. The second kappa shape index (κ2) is 9.67. The minimum Gasteiger partial charge on any atom is -0.313 e. The summed E-state index contributed by atoms with van der Waals surface area (Å²) in [6.07, 6.45) is 5.11. The predicted molar refractivity (Wildman–Crippen MR) is 84.2 cm³/mol. The first-order valence-corrected chi connectivity index (χ1v) is 7.44. The molecule has 0 radical (unpaired) electrons. The van der Waals surface area contributed by atoms with Crippen molar-refractivity contribution in [1.29, 1.82) is 0 Å². The normalized spacial score (nSPS) is 11.0. The van der Waals surface area contributed by atoms with Crippen LogP contribution < -0.4 is 5.32 Å². The average molecular weight is 278 g/mol. The molecule has 0 unspecified atom stereocenters. The van der Waals surface area contributed by atoms with Crippen molar-refractivity contribution in [2.75, 3.05) is 20.1 Å². The van der Waals surface area contributed by atoms with Crippen molar-refractivity contribution in [3.05, 3.63) is 47.8 Å². The zero-order valence-corrected chi connectivity index (χ0v) is 12.8. The summed E-state index contributed by atoms with van der Waals surface area (Å²) in [7, 11) is 2.03. The SMILES string of the molecule is C=CCCCN(C)Cc1cc(CNCCC)ccc1F. The molecule has 0 heterocycles. The van der Waals surface area contributed by atoms with Crippen LogP contribution >= 0.6 is 0 Å². The molecule has 112 valence electrons. The van der Waals surface area contributed by atoms with Crippen LogP contribution in [0.4, 0.5) is 4.39 Å². The molecule has 0 aliphatic rings. The number of hydrogen-bond donors (Lipinski definition) is 1. The average Bonchev–Trinajstić information content (AvgIpc) is 2.43. The minimum absolute atomic E-state index is 0.111. The highest BCUT2D eigenvalue weighted by molar-refractivity contribution is 5.25. The molecule has 0 saturated carbocycles. The fourth-order valence-electron chi connectivity index (χ4n) is 2.14. The Bertz CT molecular complexity index is 404. The summed E-state index contributed by atoms with van der Waals surface area (Å²) in [6, 6.07) is 5.41. The molecule has 20 heavy (non-hydrogen) atoms. The van der Waals surface area contributed by atoms with Crippen LogP contribution in [0, 0.1) is 5.82 Å². The topological polar surface area (TPSA) is 15.3 Å². The third-order valence-electron chi connectivity index (χ3n) is 3.25. The number of nitrogens with zero attached hydrogens (tertiary/aromatic N) is 1. The number of nitrogens with one attached hydrogen (secondary N) is 1. The van der Waals surface area contributed by atoms with Gasteiger partial charge in [0.05, 0.1) is 0 Å². The number of unbranched alkanes of at least 4 members (excludes halogenated alkanes) is 1. The van der Waals surface area contributed by atoms with E-state index < -0.39 is 0 Å². The van der Waals surface area contributed by atoms with Gasteiger partial charge in [-0.25, -0.2) is 4.39 Å². The van der Waals surface area contributed by atoms with Crippen LogP contribution in [0.25, 0.3) is 0 Å². The molecule has 1 N–H and O–H groups in total. The van der Waals surface area contributed by atoms with E-state index in [-0.39, 0.29) is 5.82 Å².